The monoisotopic (exact) mass is 292 g/mol. The second kappa shape index (κ2) is 6.81. The Kier molecular flexibility index (Phi) is 5.30. The van der Waals surface area contributed by atoms with Gasteiger partial charge in [-0.05, 0) is 39.5 Å². The topological polar surface area (TPSA) is 52.5 Å². The molecular formula is C16H28N4O. The first-order chi connectivity index (χ1) is 9.88. The van der Waals surface area contributed by atoms with E-state index in [1.807, 2.05) is 26.4 Å². The zero-order valence-electron chi connectivity index (χ0n) is 13.7. The first-order valence-corrected chi connectivity index (χ1v) is 7.79. The summed E-state index contributed by atoms with van der Waals surface area (Å²) in [6, 6.07) is 1.98. The summed E-state index contributed by atoms with van der Waals surface area (Å²) >= 11 is 0. The molecule has 118 valence electrons. The molecule has 0 saturated carbocycles. The Hall–Kier alpha value is -1.04. The minimum Gasteiger partial charge on any atom is -0.387 e. The van der Waals surface area contributed by atoms with Gasteiger partial charge in [0.25, 0.3) is 0 Å². The summed E-state index contributed by atoms with van der Waals surface area (Å²) in [6.45, 7) is 7.46. The van der Waals surface area contributed by atoms with E-state index in [-0.39, 0.29) is 0 Å². The van der Waals surface area contributed by atoms with Crippen LogP contribution in [0.3, 0.4) is 0 Å². The number of hydrogen-bond donors (Lipinski definition) is 1. The van der Waals surface area contributed by atoms with Crippen molar-refractivity contribution >= 4 is 0 Å². The van der Waals surface area contributed by atoms with Gasteiger partial charge in [0.1, 0.15) is 5.82 Å². The highest BCUT2D eigenvalue weighted by Gasteiger charge is 2.33. The molecule has 1 aromatic heterocycles. The molecule has 0 bridgehead atoms. The Bertz CT molecular complexity index is 463. The molecule has 0 amide bonds. The Labute approximate surface area is 128 Å². The van der Waals surface area contributed by atoms with E-state index in [2.05, 4.69) is 33.6 Å². The lowest BCUT2D eigenvalue weighted by atomic mass is 9.92. The number of hydrogen-bond acceptors (Lipinski definition) is 5. The summed E-state index contributed by atoms with van der Waals surface area (Å²) in [7, 11) is 4.02. The smallest absolute Gasteiger partial charge is 0.131 e. The Morgan fingerprint density at radius 1 is 1.43 bits per heavy atom. The summed E-state index contributed by atoms with van der Waals surface area (Å²) in [5, 5.41) is 10.7. The summed E-state index contributed by atoms with van der Waals surface area (Å²) in [5.74, 6) is 1.24. The molecule has 1 aliphatic heterocycles. The van der Waals surface area contributed by atoms with Crippen LogP contribution < -0.4 is 0 Å². The van der Waals surface area contributed by atoms with Gasteiger partial charge in [-0.15, -0.1) is 0 Å². The van der Waals surface area contributed by atoms with Crippen molar-refractivity contribution in [2.45, 2.75) is 44.8 Å². The Balaban J connectivity index is 2.01. The van der Waals surface area contributed by atoms with E-state index in [9.17, 15) is 5.11 Å². The summed E-state index contributed by atoms with van der Waals surface area (Å²) < 4.78 is 0. The average molecular weight is 292 g/mol. The zero-order valence-corrected chi connectivity index (χ0v) is 13.7. The molecule has 0 unspecified atom stereocenters. The van der Waals surface area contributed by atoms with Crippen LogP contribution in [-0.4, -0.2) is 64.2 Å². The number of likely N-dealkylation sites (N-methyl/N-ethyl adjacent to an activating group) is 1. The predicted molar refractivity (Wildman–Crippen MR) is 84.1 cm³/mol. The van der Waals surface area contributed by atoms with E-state index in [4.69, 9.17) is 0 Å². The summed E-state index contributed by atoms with van der Waals surface area (Å²) in [6.07, 6.45) is 3.75. The molecule has 5 nitrogen and oxygen atoms in total. The van der Waals surface area contributed by atoms with Crippen LogP contribution in [0.15, 0.2) is 12.3 Å². The maximum absolute atomic E-state index is 10.7. The third-order valence-corrected chi connectivity index (χ3v) is 3.88. The molecule has 5 heteroatoms. The van der Waals surface area contributed by atoms with Gasteiger partial charge in [-0.3, -0.25) is 4.90 Å². The maximum atomic E-state index is 10.7. The van der Waals surface area contributed by atoms with Gasteiger partial charge in [0.15, 0.2) is 0 Å². The molecule has 0 spiro atoms. The molecule has 0 radical (unpaired) electrons. The van der Waals surface area contributed by atoms with Crippen LogP contribution in [0.25, 0.3) is 0 Å². The van der Waals surface area contributed by atoms with E-state index in [1.54, 1.807) is 0 Å². The predicted octanol–water partition coefficient (Wildman–Crippen LogP) is 1.49. The molecule has 1 fully saturated rings. The maximum Gasteiger partial charge on any atom is 0.131 e. The molecule has 2 rings (SSSR count). The molecule has 1 atom stereocenters. The lowest BCUT2D eigenvalue weighted by molar-refractivity contribution is -0.0482. The zero-order chi connectivity index (χ0) is 15.5. The molecule has 1 aromatic rings. The van der Waals surface area contributed by atoms with Crippen molar-refractivity contribution in [3.63, 3.8) is 0 Å². The highest BCUT2D eigenvalue weighted by Crippen LogP contribution is 2.23. The number of likely N-dealkylation sites (tertiary alicyclic amines) is 1. The van der Waals surface area contributed by atoms with Crippen molar-refractivity contribution in [2.24, 2.45) is 0 Å². The van der Waals surface area contributed by atoms with Crippen LogP contribution in [0.4, 0.5) is 0 Å². The van der Waals surface area contributed by atoms with E-state index >= 15 is 0 Å². The number of aliphatic hydroxyl groups is 1. The van der Waals surface area contributed by atoms with Gasteiger partial charge in [0.05, 0.1) is 11.3 Å². The lowest BCUT2D eigenvalue weighted by Gasteiger charge is -2.40. The van der Waals surface area contributed by atoms with Gasteiger partial charge in [0.2, 0.25) is 0 Å². The molecule has 1 N–H and O–H groups in total. The van der Waals surface area contributed by atoms with Crippen LogP contribution >= 0.6 is 0 Å². The third-order valence-electron chi connectivity index (χ3n) is 3.88. The van der Waals surface area contributed by atoms with Gasteiger partial charge >= 0.3 is 0 Å². The van der Waals surface area contributed by atoms with Gasteiger partial charge in [-0.1, -0.05) is 13.8 Å². The minimum absolute atomic E-state index is 0.344. The fourth-order valence-corrected chi connectivity index (χ4v) is 3.07. The molecule has 1 saturated heterocycles. The van der Waals surface area contributed by atoms with Crippen molar-refractivity contribution in [1.29, 1.82) is 0 Å². The van der Waals surface area contributed by atoms with Gasteiger partial charge in [0, 0.05) is 31.7 Å². The highest BCUT2D eigenvalue weighted by atomic mass is 16.3. The van der Waals surface area contributed by atoms with E-state index in [1.165, 1.54) is 0 Å². The van der Waals surface area contributed by atoms with Gasteiger partial charge in [-0.2, -0.15) is 0 Å². The number of piperidine rings is 1. The molecule has 0 aliphatic carbocycles. The number of rotatable bonds is 5. The summed E-state index contributed by atoms with van der Waals surface area (Å²) in [4.78, 5) is 13.3. The molecular weight excluding hydrogens is 264 g/mol. The normalized spacial score (nSPS) is 24.0. The Morgan fingerprint density at radius 3 is 2.86 bits per heavy atom. The summed E-state index contributed by atoms with van der Waals surface area (Å²) in [5.41, 5.74) is 0.443. The molecule has 2 heterocycles. The SMILES string of the molecule is CC(C)c1nccc(CN2CCC[C@@](O)(CN(C)C)C2)n1. The second-order valence-corrected chi connectivity index (χ2v) is 6.84. The average Bonchev–Trinajstić information content (AvgIpc) is 2.37. The molecule has 0 aromatic carbocycles. The highest BCUT2D eigenvalue weighted by molar-refractivity contribution is 5.05. The van der Waals surface area contributed by atoms with Crippen molar-refractivity contribution in [2.75, 3.05) is 33.7 Å². The molecule has 21 heavy (non-hydrogen) atoms. The number of aromatic nitrogens is 2. The quantitative estimate of drug-likeness (QED) is 0.891. The third kappa shape index (κ3) is 4.73. The largest absolute Gasteiger partial charge is 0.387 e. The van der Waals surface area contributed by atoms with Gasteiger partial charge < -0.3 is 10.0 Å². The van der Waals surface area contributed by atoms with Crippen molar-refractivity contribution < 1.29 is 5.11 Å². The first-order valence-electron chi connectivity index (χ1n) is 7.79. The second-order valence-electron chi connectivity index (χ2n) is 6.84. The van der Waals surface area contributed by atoms with Crippen LogP contribution in [-0.2, 0) is 6.54 Å². The van der Waals surface area contributed by atoms with Crippen molar-refractivity contribution in [1.82, 2.24) is 19.8 Å². The number of nitrogens with zero attached hydrogens (tertiary/aromatic N) is 4. The van der Waals surface area contributed by atoms with Crippen LogP contribution in [0.2, 0.25) is 0 Å². The minimum atomic E-state index is -0.602. The fraction of sp³-hybridized carbons (Fsp3) is 0.750. The number of β-amino-alcohol motifs (C(OH)–C–C–N with tert-alkyl or cyclic N) is 1. The van der Waals surface area contributed by atoms with Gasteiger partial charge in [-0.25, -0.2) is 9.97 Å². The standard InChI is InChI=1S/C16H28N4O/c1-13(2)15-17-8-6-14(18-15)10-20-9-5-7-16(21,12-20)11-19(3)4/h6,8,13,21H,5,7,9-12H2,1-4H3/t16-/m1/s1. The first kappa shape index (κ1) is 16.3. The lowest BCUT2D eigenvalue weighted by Crippen LogP contribution is -2.52. The van der Waals surface area contributed by atoms with Crippen molar-refractivity contribution in [3.8, 4) is 0 Å². The Morgan fingerprint density at radius 2 is 2.19 bits per heavy atom. The van der Waals surface area contributed by atoms with Crippen LogP contribution in [0.5, 0.6) is 0 Å². The van der Waals surface area contributed by atoms with E-state index < -0.39 is 5.60 Å². The van der Waals surface area contributed by atoms with Crippen LogP contribution in [0, 0.1) is 0 Å². The van der Waals surface area contributed by atoms with Crippen LogP contribution in [0.1, 0.15) is 44.1 Å². The van der Waals surface area contributed by atoms with E-state index in [0.717, 1.165) is 37.4 Å². The van der Waals surface area contributed by atoms with Crippen molar-refractivity contribution in [3.05, 3.63) is 23.8 Å². The fourth-order valence-electron chi connectivity index (χ4n) is 3.07. The van der Waals surface area contributed by atoms with E-state index in [0.29, 0.717) is 19.0 Å². The molecule has 1 aliphatic rings.